The maximum absolute atomic E-state index is 8.64. The van der Waals surface area contributed by atoms with Gasteiger partial charge in [-0.25, -0.2) is 0 Å². The number of unbranched alkanes of at least 4 members (excludes halogenated alkanes) is 1. The summed E-state index contributed by atoms with van der Waals surface area (Å²) in [4.78, 5) is 2.28. The third-order valence-corrected chi connectivity index (χ3v) is 2.61. The minimum atomic E-state index is 0.567. The van der Waals surface area contributed by atoms with E-state index in [1.54, 1.807) is 0 Å². The van der Waals surface area contributed by atoms with Gasteiger partial charge in [0.1, 0.15) is 0 Å². The standard InChI is InChI=1S/C14H19N3.C2H6/c15-9-4-5-11-17(12-6-10-16)13-14-7-2-1-3-8-14;1-2/h1-3,7-9,15H,4-6,11-13H2;1-2H3. The quantitative estimate of drug-likeness (QED) is 0.569. The normalized spacial score (nSPS) is 9.37. The Hall–Kier alpha value is -1.66. The first-order chi connectivity index (χ1) is 9.36. The van der Waals surface area contributed by atoms with Gasteiger partial charge in [-0.05, 0) is 31.2 Å². The topological polar surface area (TPSA) is 50.9 Å². The van der Waals surface area contributed by atoms with E-state index in [0.29, 0.717) is 6.42 Å². The van der Waals surface area contributed by atoms with Crippen molar-refractivity contribution in [3.05, 3.63) is 35.9 Å². The van der Waals surface area contributed by atoms with Crippen molar-refractivity contribution in [3.63, 3.8) is 0 Å². The Morgan fingerprint density at radius 2 is 1.89 bits per heavy atom. The predicted molar refractivity (Wildman–Crippen MR) is 81.3 cm³/mol. The summed E-state index contributed by atoms with van der Waals surface area (Å²) in [6.45, 7) is 6.65. The van der Waals surface area contributed by atoms with Crippen LogP contribution < -0.4 is 0 Å². The van der Waals surface area contributed by atoms with Crippen LogP contribution in [0, 0.1) is 16.7 Å². The van der Waals surface area contributed by atoms with E-state index in [4.69, 9.17) is 10.7 Å². The Morgan fingerprint density at radius 3 is 2.47 bits per heavy atom. The number of nitrogens with zero attached hydrogens (tertiary/aromatic N) is 2. The Balaban J connectivity index is 0.00000154. The van der Waals surface area contributed by atoms with Crippen molar-refractivity contribution in [2.45, 2.75) is 39.7 Å². The van der Waals surface area contributed by atoms with E-state index in [-0.39, 0.29) is 0 Å². The van der Waals surface area contributed by atoms with Crippen LogP contribution in [0.4, 0.5) is 0 Å². The highest BCUT2D eigenvalue weighted by molar-refractivity contribution is 5.52. The molecule has 0 bridgehead atoms. The maximum Gasteiger partial charge on any atom is 0.0635 e. The van der Waals surface area contributed by atoms with Crippen molar-refractivity contribution in [3.8, 4) is 6.07 Å². The van der Waals surface area contributed by atoms with Crippen LogP contribution >= 0.6 is 0 Å². The fourth-order valence-corrected chi connectivity index (χ4v) is 1.74. The largest absolute Gasteiger partial charge is 0.313 e. The van der Waals surface area contributed by atoms with Gasteiger partial charge < -0.3 is 5.41 Å². The van der Waals surface area contributed by atoms with Crippen LogP contribution in [0.5, 0.6) is 0 Å². The van der Waals surface area contributed by atoms with E-state index in [1.165, 1.54) is 11.8 Å². The average molecular weight is 259 g/mol. The summed E-state index contributed by atoms with van der Waals surface area (Å²) in [5.74, 6) is 0. The molecular weight excluding hydrogens is 234 g/mol. The highest BCUT2D eigenvalue weighted by atomic mass is 15.1. The number of benzene rings is 1. The molecule has 0 radical (unpaired) electrons. The summed E-state index contributed by atoms with van der Waals surface area (Å²) in [7, 11) is 0. The molecule has 0 amide bonds. The van der Waals surface area contributed by atoms with E-state index >= 15 is 0 Å². The Bertz CT molecular complexity index is 354. The second-order valence-corrected chi connectivity index (χ2v) is 4.02. The van der Waals surface area contributed by atoms with Gasteiger partial charge in [0.2, 0.25) is 0 Å². The molecule has 0 aliphatic rings. The van der Waals surface area contributed by atoms with Crippen molar-refractivity contribution in [1.82, 2.24) is 4.90 Å². The Labute approximate surface area is 117 Å². The molecule has 0 aromatic heterocycles. The van der Waals surface area contributed by atoms with Crippen molar-refractivity contribution >= 4 is 6.21 Å². The molecule has 0 unspecified atom stereocenters. The van der Waals surface area contributed by atoms with Gasteiger partial charge in [-0.1, -0.05) is 44.2 Å². The fourth-order valence-electron chi connectivity index (χ4n) is 1.74. The minimum Gasteiger partial charge on any atom is -0.313 e. The van der Waals surface area contributed by atoms with Gasteiger partial charge in [0.25, 0.3) is 0 Å². The SMILES string of the molecule is CC.N#CCCN(CCCC=N)Cc1ccccc1. The van der Waals surface area contributed by atoms with Gasteiger partial charge in [0.15, 0.2) is 0 Å². The van der Waals surface area contributed by atoms with Gasteiger partial charge >= 0.3 is 0 Å². The van der Waals surface area contributed by atoms with Gasteiger partial charge in [0, 0.05) is 19.5 Å². The van der Waals surface area contributed by atoms with Gasteiger partial charge in [-0.3, -0.25) is 4.90 Å². The smallest absolute Gasteiger partial charge is 0.0635 e. The first-order valence-electron chi connectivity index (χ1n) is 6.99. The first kappa shape index (κ1) is 17.3. The zero-order chi connectivity index (χ0) is 14.3. The molecule has 0 aliphatic heterocycles. The van der Waals surface area contributed by atoms with Crippen molar-refractivity contribution in [2.75, 3.05) is 13.1 Å². The molecule has 0 atom stereocenters. The summed E-state index contributed by atoms with van der Waals surface area (Å²) in [5, 5.41) is 15.7. The molecule has 19 heavy (non-hydrogen) atoms. The van der Waals surface area contributed by atoms with E-state index < -0.39 is 0 Å². The second kappa shape index (κ2) is 12.8. The van der Waals surface area contributed by atoms with Gasteiger partial charge in [-0.15, -0.1) is 0 Å². The van der Waals surface area contributed by atoms with Crippen LogP contribution in [0.2, 0.25) is 0 Å². The second-order valence-electron chi connectivity index (χ2n) is 4.02. The van der Waals surface area contributed by atoms with Crippen LogP contribution in [-0.4, -0.2) is 24.2 Å². The average Bonchev–Trinajstić information content (AvgIpc) is 2.48. The van der Waals surface area contributed by atoms with E-state index in [9.17, 15) is 0 Å². The zero-order valence-corrected chi connectivity index (χ0v) is 12.1. The monoisotopic (exact) mass is 259 g/mol. The number of hydrogen-bond acceptors (Lipinski definition) is 3. The lowest BCUT2D eigenvalue weighted by Crippen LogP contribution is -2.25. The number of rotatable bonds is 8. The molecule has 1 aromatic carbocycles. The predicted octanol–water partition coefficient (Wildman–Crippen LogP) is 3.86. The van der Waals surface area contributed by atoms with Crippen LogP contribution in [0.25, 0.3) is 0 Å². The lowest BCUT2D eigenvalue weighted by atomic mass is 10.2. The first-order valence-corrected chi connectivity index (χ1v) is 6.99. The molecule has 1 aromatic rings. The Morgan fingerprint density at radius 1 is 1.21 bits per heavy atom. The summed E-state index contributed by atoms with van der Waals surface area (Å²) >= 11 is 0. The Kier molecular flexibility index (Phi) is 11.7. The molecule has 1 rings (SSSR count). The molecule has 1 N–H and O–H groups in total. The van der Waals surface area contributed by atoms with Crippen LogP contribution in [0.15, 0.2) is 30.3 Å². The molecule has 0 spiro atoms. The summed E-state index contributed by atoms with van der Waals surface area (Å²) in [6.07, 6.45) is 3.82. The minimum absolute atomic E-state index is 0.567. The number of nitrogens with one attached hydrogen (secondary N) is 1. The molecule has 104 valence electrons. The summed E-state index contributed by atoms with van der Waals surface area (Å²) < 4.78 is 0. The molecule has 0 saturated carbocycles. The van der Waals surface area contributed by atoms with Crippen molar-refractivity contribution in [2.24, 2.45) is 0 Å². The van der Waals surface area contributed by atoms with Crippen LogP contribution in [-0.2, 0) is 6.54 Å². The summed E-state index contributed by atoms with van der Waals surface area (Å²) in [5.41, 5.74) is 1.28. The van der Waals surface area contributed by atoms with Crippen LogP contribution in [0.1, 0.15) is 38.7 Å². The molecule has 3 heteroatoms. The molecule has 0 aliphatic carbocycles. The van der Waals surface area contributed by atoms with E-state index in [0.717, 1.165) is 32.5 Å². The van der Waals surface area contributed by atoms with Crippen molar-refractivity contribution < 1.29 is 0 Å². The third-order valence-electron chi connectivity index (χ3n) is 2.61. The van der Waals surface area contributed by atoms with Crippen LogP contribution in [0.3, 0.4) is 0 Å². The zero-order valence-electron chi connectivity index (χ0n) is 12.1. The van der Waals surface area contributed by atoms with Gasteiger partial charge in [-0.2, -0.15) is 5.26 Å². The van der Waals surface area contributed by atoms with Crippen molar-refractivity contribution in [1.29, 1.82) is 10.7 Å². The van der Waals surface area contributed by atoms with E-state index in [2.05, 4.69) is 23.1 Å². The molecule has 0 saturated heterocycles. The third kappa shape index (κ3) is 8.98. The summed E-state index contributed by atoms with van der Waals surface area (Å²) in [6, 6.07) is 12.5. The lowest BCUT2D eigenvalue weighted by molar-refractivity contribution is 0.270. The fraction of sp³-hybridized carbons (Fsp3) is 0.500. The molecular formula is C16H25N3. The lowest BCUT2D eigenvalue weighted by Gasteiger charge is -2.20. The highest BCUT2D eigenvalue weighted by Gasteiger charge is 2.04. The van der Waals surface area contributed by atoms with E-state index in [1.807, 2.05) is 32.0 Å². The highest BCUT2D eigenvalue weighted by Crippen LogP contribution is 2.06. The number of nitriles is 1. The molecule has 3 nitrogen and oxygen atoms in total. The van der Waals surface area contributed by atoms with Gasteiger partial charge in [0.05, 0.1) is 6.07 Å². The molecule has 0 fully saturated rings. The maximum atomic E-state index is 8.64. The number of hydrogen-bond donors (Lipinski definition) is 1. The molecule has 0 heterocycles.